The number of para-hydroxylation sites is 1. The van der Waals surface area contributed by atoms with Gasteiger partial charge in [-0.3, -0.25) is 0 Å². The van der Waals surface area contributed by atoms with Crippen LogP contribution in [0.15, 0.2) is 97.1 Å². The van der Waals surface area contributed by atoms with E-state index in [1.54, 1.807) is 54.3 Å². The van der Waals surface area contributed by atoms with Crippen molar-refractivity contribution in [1.29, 1.82) is 0 Å². The summed E-state index contributed by atoms with van der Waals surface area (Å²) in [6, 6.07) is 29.0. The molecule has 0 heterocycles. The third-order valence-electron chi connectivity index (χ3n) is 6.81. The Morgan fingerprint density at radius 3 is 2.11 bits per heavy atom. The van der Waals surface area contributed by atoms with Crippen molar-refractivity contribution in [2.24, 2.45) is 0 Å². The minimum atomic E-state index is -0.995. The van der Waals surface area contributed by atoms with Gasteiger partial charge in [-0.25, -0.2) is 9.59 Å². The van der Waals surface area contributed by atoms with Crippen LogP contribution in [0, 0.1) is 0 Å². The van der Waals surface area contributed by atoms with Crippen LogP contribution in [0.3, 0.4) is 0 Å². The topological polar surface area (TPSA) is 97.3 Å². The Morgan fingerprint density at radius 2 is 1.47 bits per heavy atom. The van der Waals surface area contributed by atoms with E-state index in [2.05, 4.69) is 5.32 Å². The standard InChI is InChI=1S/C35H36Cl2N2O6/c1-2-43-33(34(40)41)23-25-10-14-30(15-11-25)44-20-19-39(18-6-7-26-21-27(36)24-28(37)22-26)35(42)38-29-12-16-32(17-13-29)45-31-8-4-3-5-9-31/h3-5,8-17,21-22,24,33H,2,6-7,18-20,23H2,1H3,(H,38,42)(H,40,41). The normalized spacial score (nSPS) is 11.4. The van der Waals surface area contributed by atoms with Crippen molar-refractivity contribution in [2.75, 3.05) is 31.6 Å². The SMILES string of the molecule is CCOC(Cc1ccc(OCCN(CCCc2cc(Cl)cc(Cl)c2)C(=O)Nc2ccc(Oc3ccccc3)cc2)cc1)C(=O)O. The number of halogens is 2. The molecule has 4 aromatic rings. The van der Waals surface area contributed by atoms with E-state index in [0.717, 1.165) is 16.9 Å². The second kappa shape index (κ2) is 17.3. The quantitative estimate of drug-likeness (QED) is 0.126. The largest absolute Gasteiger partial charge is 0.492 e. The molecule has 2 N–H and O–H groups in total. The third-order valence-corrected chi connectivity index (χ3v) is 7.24. The Morgan fingerprint density at radius 1 is 0.822 bits per heavy atom. The second-order valence-corrected chi connectivity index (χ2v) is 11.1. The van der Waals surface area contributed by atoms with E-state index >= 15 is 0 Å². The fraction of sp³-hybridized carbons (Fsp3) is 0.257. The number of nitrogens with one attached hydrogen (secondary N) is 1. The first kappa shape index (κ1) is 33.6. The van der Waals surface area contributed by atoms with Gasteiger partial charge in [-0.05, 0) is 97.6 Å². The van der Waals surface area contributed by atoms with E-state index in [4.69, 9.17) is 37.4 Å². The van der Waals surface area contributed by atoms with Crippen molar-refractivity contribution in [3.05, 3.63) is 118 Å². The summed E-state index contributed by atoms with van der Waals surface area (Å²) in [6.45, 7) is 3.16. The van der Waals surface area contributed by atoms with Gasteiger partial charge in [-0.1, -0.05) is 53.5 Å². The number of urea groups is 1. The monoisotopic (exact) mass is 650 g/mol. The first-order valence-electron chi connectivity index (χ1n) is 14.7. The molecule has 0 fully saturated rings. The van der Waals surface area contributed by atoms with Crippen LogP contribution in [0.25, 0.3) is 0 Å². The molecule has 0 saturated carbocycles. The number of nitrogens with zero attached hydrogens (tertiary/aromatic N) is 1. The smallest absolute Gasteiger partial charge is 0.333 e. The van der Waals surface area contributed by atoms with E-state index < -0.39 is 12.1 Å². The summed E-state index contributed by atoms with van der Waals surface area (Å²) < 4.78 is 17.1. The number of amides is 2. The van der Waals surface area contributed by atoms with Crippen LogP contribution in [-0.2, 0) is 22.4 Å². The summed E-state index contributed by atoms with van der Waals surface area (Å²) in [5.74, 6) is 1.01. The average molecular weight is 652 g/mol. The first-order chi connectivity index (χ1) is 21.8. The molecule has 45 heavy (non-hydrogen) atoms. The lowest BCUT2D eigenvalue weighted by Gasteiger charge is -2.23. The maximum absolute atomic E-state index is 13.4. The van der Waals surface area contributed by atoms with Crippen LogP contribution in [-0.4, -0.2) is 54.4 Å². The van der Waals surface area contributed by atoms with Crippen molar-refractivity contribution in [1.82, 2.24) is 4.90 Å². The van der Waals surface area contributed by atoms with Crippen molar-refractivity contribution >= 4 is 40.9 Å². The fourth-order valence-electron chi connectivity index (χ4n) is 4.61. The molecule has 8 nitrogen and oxygen atoms in total. The van der Waals surface area contributed by atoms with Gasteiger partial charge in [0.25, 0.3) is 0 Å². The zero-order valence-electron chi connectivity index (χ0n) is 25.0. The summed E-state index contributed by atoms with van der Waals surface area (Å²) in [7, 11) is 0. The van der Waals surface area contributed by atoms with Gasteiger partial charge in [-0.2, -0.15) is 0 Å². The Kier molecular flexibility index (Phi) is 12.9. The molecule has 1 unspecified atom stereocenters. The highest BCUT2D eigenvalue weighted by Crippen LogP contribution is 2.23. The predicted molar refractivity (Wildman–Crippen MR) is 177 cm³/mol. The molecule has 0 radical (unpaired) electrons. The molecule has 0 aliphatic heterocycles. The molecule has 0 aromatic heterocycles. The molecule has 4 aromatic carbocycles. The molecule has 10 heteroatoms. The van der Waals surface area contributed by atoms with Crippen LogP contribution in [0.4, 0.5) is 10.5 Å². The number of carboxylic acid groups (broad SMARTS) is 1. The molecule has 4 rings (SSSR count). The van der Waals surface area contributed by atoms with Crippen molar-refractivity contribution in [3.8, 4) is 17.2 Å². The van der Waals surface area contributed by atoms with E-state index in [0.29, 0.717) is 59.8 Å². The highest BCUT2D eigenvalue weighted by Gasteiger charge is 2.18. The molecule has 0 bridgehead atoms. The Hall–Kier alpha value is -4.24. The summed E-state index contributed by atoms with van der Waals surface area (Å²) in [4.78, 5) is 26.5. The molecule has 0 spiro atoms. The maximum Gasteiger partial charge on any atom is 0.333 e. The minimum Gasteiger partial charge on any atom is -0.492 e. The van der Waals surface area contributed by atoms with E-state index in [1.165, 1.54) is 0 Å². The van der Waals surface area contributed by atoms with E-state index in [1.807, 2.05) is 54.6 Å². The zero-order valence-corrected chi connectivity index (χ0v) is 26.5. The average Bonchev–Trinajstić information content (AvgIpc) is 3.02. The number of anilines is 1. The Labute approximate surface area is 273 Å². The first-order valence-corrected chi connectivity index (χ1v) is 15.4. The lowest BCUT2D eigenvalue weighted by Crippen LogP contribution is -2.38. The lowest BCUT2D eigenvalue weighted by atomic mass is 10.1. The summed E-state index contributed by atoms with van der Waals surface area (Å²) in [5.41, 5.74) is 2.45. The molecule has 0 aliphatic carbocycles. The van der Waals surface area contributed by atoms with Gasteiger partial charge in [0.05, 0.1) is 6.54 Å². The molecular weight excluding hydrogens is 615 g/mol. The number of benzene rings is 4. The van der Waals surface area contributed by atoms with Crippen molar-refractivity contribution in [2.45, 2.75) is 32.3 Å². The highest BCUT2D eigenvalue weighted by atomic mass is 35.5. The molecule has 0 saturated heterocycles. The molecule has 0 aliphatic rings. The molecular formula is C35H36Cl2N2O6. The fourth-order valence-corrected chi connectivity index (χ4v) is 5.18. The number of rotatable bonds is 16. The van der Waals surface area contributed by atoms with Gasteiger partial charge in [-0.15, -0.1) is 0 Å². The number of ether oxygens (including phenoxy) is 3. The molecule has 2 amide bonds. The lowest BCUT2D eigenvalue weighted by molar-refractivity contribution is -0.149. The van der Waals surface area contributed by atoms with Crippen LogP contribution >= 0.6 is 23.2 Å². The van der Waals surface area contributed by atoms with Gasteiger partial charge in [0.15, 0.2) is 6.10 Å². The van der Waals surface area contributed by atoms with Crippen LogP contribution in [0.5, 0.6) is 17.2 Å². The number of carbonyl (C=O) groups is 2. The van der Waals surface area contributed by atoms with E-state index in [9.17, 15) is 14.7 Å². The van der Waals surface area contributed by atoms with Gasteiger partial charge in [0.1, 0.15) is 23.9 Å². The second-order valence-electron chi connectivity index (χ2n) is 10.2. The van der Waals surface area contributed by atoms with Crippen LogP contribution in [0.2, 0.25) is 10.0 Å². The van der Waals surface area contributed by atoms with Crippen molar-refractivity contribution in [3.63, 3.8) is 0 Å². The highest BCUT2D eigenvalue weighted by molar-refractivity contribution is 6.34. The minimum absolute atomic E-state index is 0.259. The van der Waals surface area contributed by atoms with Crippen LogP contribution in [0.1, 0.15) is 24.5 Å². The number of carboxylic acids is 1. The number of hydrogen-bond donors (Lipinski definition) is 2. The number of carbonyl (C=O) groups excluding carboxylic acids is 1. The van der Waals surface area contributed by atoms with Gasteiger partial charge in [0, 0.05) is 35.3 Å². The summed E-state index contributed by atoms with van der Waals surface area (Å²) in [5, 5.41) is 13.5. The Balaban J connectivity index is 1.35. The van der Waals surface area contributed by atoms with Gasteiger partial charge in [0.2, 0.25) is 0 Å². The van der Waals surface area contributed by atoms with Gasteiger partial charge >= 0.3 is 12.0 Å². The van der Waals surface area contributed by atoms with E-state index in [-0.39, 0.29) is 19.1 Å². The number of aliphatic carboxylic acids is 1. The number of aryl methyl sites for hydroxylation is 1. The summed E-state index contributed by atoms with van der Waals surface area (Å²) >= 11 is 12.3. The predicted octanol–water partition coefficient (Wildman–Crippen LogP) is 8.36. The third kappa shape index (κ3) is 11.3. The summed E-state index contributed by atoms with van der Waals surface area (Å²) in [6.07, 6.45) is 0.739. The number of hydrogen-bond acceptors (Lipinski definition) is 5. The Bertz CT molecular complexity index is 1500. The van der Waals surface area contributed by atoms with Crippen LogP contribution < -0.4 is 14.8 Å². The van der Waals surface area contributed by atoms with Crippen molar-refractivity contribution < 1.29 is 28.9 Å². The zero-order chi connectivity index (χ0) is 32.0. The molecule has 1 atom stereocenters. The van der Waals surface area contributed by atoms with Gasteiger partial charge < -0.3 is 29.5 Å². The maximum atomic E-state index is 13.4. The molecule has 236 valence electrons.